The number of hydrogen-bond donors (Lipinski definition) is 0. The quantitative estimate of drug-likeness (QED) is 0.396. The van der Waals surface area contributed by atoms with Gasteiger partial charge in [-0.1, -0.05) is 28.9 Å². The molecular weight excluding hydrogens is 366 g/mol. The van der Waals surface area contributed by atoms with Crippen molar-refractivity contribution in [2.24, 2.45) is 5.92 Å². The van der Waals surface area contributed by atoms with Crippen LogP contribution in [-0.2, 0) is 0 Å². The fourth-order valence-electron chi connectivity index (χ4n) is 1.45. The van der Waals surface area contributed by atoms with Gasteiger partial charge in [0.1, 0.15) is 10.2 Å². The average molecular weight is 381 g/mol. The van der Waals surface area contributed by atoms with E-state index in [0.717, 1.165) is 18.2 Å². The van der Waals surface area contributed by atoms with Crippen molar-refractivity contribution in [1.82, 2.24) is 0 Å². The summed E-state index contributed by atoms with van der Waals surface area (Å²) in [5.74, 6) is 1.09. The van der Waals surface area contributed by atoms with E-state index in [1.54, 1.807) is 12.1 Å². The predicted molar refractivity (Wildman–Crippen MR) is 78.5 cm³/mol. The molecule has 0 aliphatic rings. The topological polar surface area (TPSA) is 52.4 Å². The minimum Gasteiger partial charge on any atom is -0.492 e. The van der Waals surface area contributed by atoms with Crippen LogP contribution in [0.1, 0.15) is 19.8 Å². The van der Waals surface area contributed by atoms with Crippen LogP contribution in [0.25, 0.3) is 0 Å². The van der Waals surface area contributed by atoms with Crippen LogP contribution in [0.15, 0.2) is 22.7 Å². The van der Waals surface area contributed by atoms with Crippen molar-refractivity contribution in [3.05, 3.63) is 32.8 Å². The SMILES string of the molecule is CC(CCBr)CCOc1cccc([N+](=O)[O-])c1Br. The number of nitro benzene ring substituents is 1. The minimum atomic E-state index is -0.426. The van der Waals surface area contributed by atoms with Crippen LogP contribution in [-0.4, -0.2) is 16.9 Å². The van der Waals surface area contributed by atoms with Crippen molar-refractivity contribution in [2.75, 3.05) is 11.9 Å². The number of alkyl halides is 1. The fraction of sp³-hybridized carbons (Fsp3) is 0.500. The van der Waals surface area contributed by atoms with E-state index in [1.165, 1.54) is 6.07 Å². The third kappa shape index (κ3) is 4.57. The van der Waals surface area contributed by atoms with Gasteiger partial charge in [0.25, 0.3) is 5.69 Å². The zero-order valence-electron chi connectivity index (χ0n) is 10.1. The molecule has 1 rings (SSSR count). The molecule has 6 heteroatoms. The molecular formula is C12H15Br2NO3. The zero-order valence-corrected chi connectivity index (χ0v) is 13.2. The van der Waals surface area contributed by atoms with Crippen LogP contribution in [0.3, 0.4) is 0 Å². The summed E-state index contributed by atoms with van der Waals surface area (Å²) in [4.78, 5) is 10.3. The van der Waals surface area contributed by atoms with Gasteiger partial charge in [0, 0.05) is 11.4 Å². The monoisotopic (exact) mass is 379 g/mol. The molecule has 0 fully saturated rings. The average Bonchev–Trinajstić information content (AvgIpc) is 2.31. The van der Waals surface area contributed by atoms with Crippen LogP contribution >= 0.6 is 31.9 Å². The number of rotatable bonds is 7. The lowest BCUT2D eigenvalue weighted by atomic mass is 10.1. The third-order valence-electron chi connectivity index (χ3n) is 2.61. The molecule has 0 saturated carbocycles. The van der Waals surface area contributed by atoms with Gasteiger partial charge < -0.3 is 4.74 Å². The third-order valence-corrected chi connectivity index (χ3v) is 3.86. The maximum atomic E-state index is 10.8. The van der Waals surface area contributed by atoms with E-state index in [4.69, 9.17) is 4.74 Å². The molecule has 1 atom stereocenters. The molecule has 0 aromatic heterocycles. The number of halogens is 2. The molecule has 0 aliphatic heterocycles. The first kappa shape index (κ1) is 15.4. The lowest BCUT2D eigenvalue weighted by molar-refractivity contribution is -0.385. The van der Waals surface area contributed by atoms with Gasteiger partial charge in [0.05, 0.1) is 11.5 Å². The van der Waals surface area contributed by atoms with E-state index >= 15 is 0 Å². The van der Waals surface area contributed by atoms with E-state index < -0.39 is 4.92 Å². The summed E-state index contributed by atoms with van der Waals surface area (Å²) in [5.41, 5.74) is 0.0287. The highest BCUT2D eigenvalue weighted by molar-refractivity contribution is 9.10. The van der Waals surface area contributed by atoms with Gasteiger partial charge in [-0.05, 0) is 40.8 Å². The molecule has 0 saturated heterocycles. The Hall–Kier alpha value is -0.620. The first-order valence-electron chi connectivity index (χ1n) is 5.68. The van der Waals surface area contributed by atoms with Crippen LogP contribution in [0.2, 0.25) is 0 Å². The van der Waals surface area contributed by atoms with E-state index in [2.05, 4.69) is 38.8 Å². The van der Waals surface area contributed by atoms with Gasteiger partial charge in [-0.15, -0.1) is 0 Å². The molecule has 0 spiro atoms. The summed E-state index contributed by atoms with van der Waals surface area (Å²) in [6.07, 6.45) is 2.03. The summed E-state index contributed by atoms with van der Waals surface area (Å²) < 4.78 is 5.98. The molecule has 18 heavy (non-hydrogen) atoms. The molecule has 0 aliphatic carbocycles. The van der Waals surface area contributed by atoms with Crippen molar-refractivity contribution in [3.8, 4) is 5.75 Å². The highest BCUT2D eigenvalue weighted by atomic mass is 79.9. The second-order valence-electron chi connectivity index (χ2n) is 4.07. The Morgan fingerprint density at radius 3 is 2.78 bits per heavy atom. The Morgan fingerprint density at radius 1 is 1.44 bits per heavy atom. The molecule has 0 N–H and O–H groups in total. The van der Waals surface area contributed by atoms with Gasteiger partial charge in [-0.3, -0.25) is 10.1 Å². The van der Waals surface area contributed by atoms with Gasteiger partial charge in [0.15, 0.2) is 0 Å². The first-order valence-corrected chi connectivity index (χ1v) is 7.59. The van der Waals surface area contributed by atoms with Crippen LogP contribution < -0.4 is 4.74 Å². The summed E-state index contributed by atoms with van der Waals surface area (Å²) in [7, 11) is 0. The zero-order chi connectivity index (χ0) is 13.5. The summed E-state index contributed by atoms with van der Waals surface area (Å²) in [5, 5.41) is 11.7. The Bertz CT molecular complexity index is 412. The molecule has 1 aromatic carbocycles. The van der Waals surface area contributed by atoms with Crippen LogP contribution in [0.4, 0.5) is 5.69 Å². The maximum Gasteiger partial charge on any atom is 0.287 e. The summed E-state index contributed by atoms with van der Waals surface area (Å²) in [6, 6.07) is 4.80. The molecule has 0 bridgehead atoms. The van der Waals surface area contributed by atoms with E-state index in [9.17, 15) is 10.1 Å². The molecule has 0 heterocycles. The number of hydrogen-bond acceptors (Lipinski definition) is 3. The largest absolute Gasteiger partial charge is 0.492 e. The highest BCUT2D eigenvalue weighted by Crippen LogP contribution is 2.33. The normalized spacial score (nSPS) is 12.2. The van der Waals surface area contributed by atoms with Crippen molar-refractivity contribution in [1.29, 1.82) is 0 Å². The summed E-state index contributed by atoms with van der Waals surface area (Å²) >= 11 is 6.61. The Morgan fingerprint density at radius 2 is 2.17 bits per heavy atom. The Kier molecular flexibility index (Phi) is 6.63. The van der Waals surface area contributed by atoms with Gasteiger partial charge in [0.2, 0.25) is 0 Å². The number of nitrogens with zero attached hydrogens (tertiary/aromatic N) is 1. The first-order chi connectivity index (χ1) is 8.56. The van der Waals surface area contributed by atoms with Crippen LogP contribution in [0.5, 0.6) is 5.75 Å². The molecule has 0 radical (unpaired) electrons. The maximum absolute atomic E-state index is 10.8. The number of nitro groups is 1. The minimum absolute atomic E-state index is 0.0287. The number of benzene rings is 1. The molecule has 100 valence electrons. The molecule has 0 amide bonds. The smallest absolute Gasteiger partial charge is 0.287 e. The van der Waals surface area contributed by atoms with Crippen molar-refractivity contribution in [3.63, 3.8) is 0 Å². The Labute approximate surface area is 123 Å². The lowest BCUT2D eigenvalue weighted by Crippen LogP contribution is -2.05. The molecule has 1 aromatic rings. The van der Waals surface area contributed by atoms with Gasteiger partial charge in [-0.25, -0.2) is 0 Å². The standard InChI is InChI=1S/C12H15Br2NO3/c1-9(5-7-13)6-8-18-11-4-2-3-10(12(11)14)15(16)17/h2-4,9H,5-8H2,1H3. The highest BCUT2D eigenvalue weighted by Gasteiger charge is 2.15. The lowest BCUT2D eigenvalue weighted by Gasteiger charge is -2.11. The predicted octanol–water partition coefficient (Wildman–Crippen LogP) is 4.55. The van der Waals surface area contributed by atoms with E-state index in [-0.39, 0.29) is 5.69 Å². The molecule has 1 unspecified atom stereocenters. The fourth-order valence-corrected chi connectivity index (χ4v) is 2.76. The van der Waals surface area contributed by atoms with Gasteiger partial charge >= 0.3 is 0 Å². The second-order valence-corrected chi connectivity index (χ2v) is 5.65. The van der Waals surface area contributed by atoms with Crippen molar-refractivity contribution >= 4 is 37.5 Å². The van der Waals surface area contributed by atoms with Crippen molar-refractivity contribution < 1.29 is 9.66 Å². The number of ether oxygens (including phenoxy) is 1. The second kappa shape index (κ2) is 7.74. The van der Waals surface area contributed by atoms with Gasteiger partial charge in [-0.2, -0.15) is 0 Å². The molecule has 4 nitrogen and oxygen atoms in total. The Balaban J connectivity index is 2.57. The summed E-state index contributed by atoms with van der Waals surface area (Å²) in [6.45, 7) is 2.72. The van der Waals surface area contributed by atoms with E-state index in [0.29, 0.717) is 22.7 Å². The van der Waals surface area contributed by atoms with Crippen LogP contribution in [0, 0.1) is 16.0 Å². The van der Waals surface area contributed by atoms with E-state index in [1.807, 2.05) is 0 Å². The van der Waals surface area contributed by atoms with Crippen molar-refractivity contribution in [2.45, 2.75) is 19.8 Å².